The molecule has 0 saturated heterocycles. The van der Waals surface area contributed by atoms with Gasteiger partial charge in [-0.1, -0.05) is 17.8 Å². The summed E-state index contributed by atoms with van der Waals surface area (Å²) >= 11 is 4.14. The van der Waals surface area contributed by atoms with Crippen LogP contribution in [0.25, 0.3) is 10.2 Å². The zero-order chi connectivity index (χ0) is 15.4. The van der Waals surface area contributed by atoms with Crippen LogP contribution in [0.1, 0.15) is 9.67 Å². The Bertz CT molecular complexity index is 799. The molecule has 0 radical (unpaired) electrons. The zero-order valence-corrected chi connectivity index (χ0v) is 13.7. The highest BCUT2D eigenvalue weighted by Crippen LogP contribution is 2.27. The van der Waals surface area contributed by atoms with Gasteiger partial charge >= 0.3 is 5.97 Å². The Balaban J connectivity index is 1.52. The number of ether oxygens (including phenoxy) is 1. The molecule has 0 N–H and O–H groups in total. The second-order valence-electron chi connectivity index (χ2n) is 4.17. The van der Waals surface area contributed by atoms with Crippen molar-refractivity contribution in [3.63, 3.8) is 0 Å². The molecular formula is C14H10N2O3S3. The summed E-state index contributed by atoms with van der Waals surface area (Å²) in [4.78, 5) is 33.3. The molecule has 0 aromatic carbocycles. The van der Waals surface area contributed by atoms with Crippen molar-refractivity contribution in [2.45, 2.75) is 5.03 Å². The Hall–Kier alpha value is -1.77. The number of aromatic nitrogens is 2. The van der Waals surface area contributed by atoms with Gasteiger partial charge in [0.25, 0.3) is 0 Å². The second-order valence-corrected chi connectivity index (χ2v) is 6.97. The molecule has 3 rings (SSSR count). The monoisotopic (exact) mass is 350 g/mol. The lowest BCUT2D eigenvalue weighted by Gasteiger charge is -2.03. The zero-order valence-electron chi connectivity index (χ0n) is 11.2. The molecule has 5 nitrogen and oxygen atoms in total. The molecule has 0 amide bonds. The van der Waals surface area contributed by atoms with Crippen LogP contribution in [0.5, 0.6) is 0 Å². The van der Waals surface area contributed by atoms with E-state index < -0.39 is 5.97 Å². The molecule has 0 aliphatic heterocycles. The molecule has 8 heteroatoms. The Morgan fingerprint density at radius 3 is 2.91 bits per heavy atom. The summed E-state index contributed by atoms with van der Waals surface area (Å²) < 4.78 is 5.00. The average molecular weight is 350 g/mol. The van der Waals surface area contributed by atoms with E-state index in [0.717, 1.165) is 15.2 Å². The van der Waals surface area contributed by atoms with E-state index in [9.17, 15) is 9.59 Å². The van der Waals surface area contributed by atoms with Crippen LogP contribution >= 0.6 is 34.4 Å². The summed E-state index contributed by atoms with van der Waals surface area (Å²) in [6.45, 7) is -0.225. The maximum atomic E-state index is 11.7. The summed E-state index contributed by atoms with van der Waals surface area (Å²) in [5.41, 5.74) is 0. The number of hydrogen-bond acceptors (Lipinski definition) is 8. The van der Waals surface area contributed by atoms with Gasteiger partial charge in [0.05, 0.1) is 10.6 Å². The van der Waals surface area contributed by atoms with E-state index in [1.54, 1.807) is 12.1 Å². The highest BCUT2D eigenvalue weighted by Gasteiger charge is 2.12. The molecule has 22 heavy (non-hydrogen) atoms. The molecule has 0 unspecified atom stereocenters. The second kappa shape index (κ2) is 6.99. The molecule has 0 bridgehead atoms. The molecule has 112 valence electrons. The number of thiophene rings is 2. The number of Topliss-reactive ketones (excluding diaryl/α,β-unsaturated/α-hetero) is 1. The van der Waals surface area contributed by atoms with E-state index in [2.05, 4.69) is 9.97 Å². The Morgan fingerprint density at radius 1 is 1.18 bits per heavy atom. The van der Waals surface area contributed by atoms with Gasteiger partial charge in [-0.25, -0.2) is 9.97 Å². The predicted octanol–water partition coefficient (Wildman–Crippen LogP) is 3.27. The molecular weight excluding hydrogens is 340 g/mol. The summed E-state index contributed by atoms with van der Waals surface area (Å²) in [5, 5.41) is 5.42. The number of esters is 1. The van der Waals surface area contributed by atoms with Crippen molar-refractivity contribution in [3.05, 3.63) is 40.2 Å². The maximum Gasteiger partial charge on any atom is 0.316 e. The van der Waals surface area contributed by atoms with Gasteiger partial charge in [0.2, 0.25) is 5.78 Å². The quantitative estimate of drug-likeness (QED) is 0.294. The van der Waals surface area contributed by atoms with Gasteiger partial charge in [0, 0.05) is 5.39 Å². The van der Waals surface area contributed by atoms with Crippen LogP contribution in [0.15, 0.2) is 40.3 Å². The number of carbonyl (C=O) groups excluding carboxylic acids is 2. The molecule has 0 fully saturated rings. The minimum atomic E-state index is -0.433. The van der Waals surface area contributed by atoms with Gasteiger partial charge in [-0.2, -0.15) is 0 Å². The average Bonchev–Trinajstić information content (AvgIpc) is 3.21. The first-order valence-corrected chi connectivity index (χ1v) is 9.02. The largest absolute Gasteiger partial charge is 0.457 e. The van der Waals surface area contributed by atoms with Crippen molar-refractivity contribution in [3.8, 4) is 0 Å². The molecule has 0 atom stereocenters. The first-order chi connectivity index (χ1) is 10.7. The van der Waals surface area contributed by atoms with Crippen LogP contribution in [0.3, 0.4) is 0 Å². The minimum absolute atomic E-state index is 0.111. The summed E-state index contributed by atoms with van der Waals surface area (Å²) in [6, 6.07) is 5.43. The first-order valence-electron chi connectivity index (χ1n) is 6.27. The number of ketones is 1. The SMILES string of the molecule is O=C(CSc1ncnc2sccc12)OCC(=O)c1cccs1. The van der Waals surface area contributed by atoms with Crippen LogP contribution in [0, 0.1) is 0 Å². The Morgan fingerprint density at radius 2 is 2.09 bits per heavy atom. The lowest BCUT2D eigenvalue weighted by atomic mass is 10.3. The van der Waals surface area contributed by atoms with E-state index in [4.69, 9.17) is 4.74 Å². The van der Waals surface area contributed by atoms with Crippen molar-refractivity contribution in [1.29, 1.82) is 0 Å². The Labute approximate surface area is 138 Å². The van der Waals surface area contributed by atoms with E-state index in [1.165, 1.54) is 40.8 Å². The highest BCUT2D eigenvalue weighted by atomic mass is 32.2. The fraction of sp³-hybridized carbons (Fsp3) is 0.143. The van der Waals surface area contributed by atoms with Gasteiger partial charge in [-0.05, 0) is 22.9 Å². The number of rotatable bonds is 6. The van der Waals surface area contributed by atoms with Crippen molar-refractivity contribution >= 4 is 56.4 Å². The normalized spacial score (nSPS) is 10.7. The summed E-state index contributed by atoms with van der Waals surface area (Å²) in [5.74, 6) is -0.507. The number of carbonyl (C=O) groups is 2. The number of hydrogen-bond donors (Lipinski definition) is 0. The molecule has 0 aliphatic carbocycles. The van der Waals surface area contributed by atoms with Crippen molar-refractivity contribution in [1.82, 2.24) is 9.97 Å². The third-order valence-corrected chi connectivity index (χ3v) is 5.42. The molecule has 3 aromatic rings. The lowest BCUT2D eigenvalue weighted by Crippen LogP contribution is -2.14. The third-order valence-electron chi connectivity index (χ3n) is 2.71. The fourth-order valence-electron chi connectivity index (χ4n) is 1.71. The van der Waals surface area contributed by atoms with E-state index in [1.807, 2.05) is 16.8 Å². The topological polar surface area (TPSA) is 69.2 Å². The molecule has 3 aromatic heterocycles. The molecule has 0 aliphatic rings. The number of nitrogens with zero attached hydrogens (tertiary/aromatic N) is 2. The fourth-order valence-corrected chi connectivity index (χ4v) is 3.93. The maximum absolute atomic E-state index is 11.7. The lowest BCUT2D eigenvalue weighted by molar-refractivity contribution is -0.139. The standard InChI is InChI=1S/C14H10N2O3S3/c17-10(11-2-1-4-20-11)6-19-12(18)7-22-14-9-3-5-21-13(9)15-8-16-14/h1-5,8H,6-7H2. The van der Waals surface area contributed by atoms with Crippen molar-refractivity contribution in [2.24, 2.45) is 0 Å². The first kappa shape index (κ1) is 15.1. The van der Waals surface area contributed by atoms with Gasteiger partial charge in [-0.3, -0.25) is 9.59 Å². The summed E-state index contributed by atoms with van der Waals surface area (Å²) in [7, 11) is 0. The molecule has 0 spiro atoms. The van der Waals surface area contributed by atoms with Crippen LogP contribution in [0.4, 0.5) is 0 Å². The van der Waals surface area contributed by atoms with Crippen LogP contribution in [0.2, 0.25) is 0 Å². The van der Waals surface area contributed by atoms with E-state index in [-0.39, 0.29) is 18.1 Å². The number of thioether (sulfide) groups is 1. The predicted molar refractivity (Wildman–Crippen MR) is 87.7 cm³/mol. The summed E-state index contributed by atoms with van der Waals surface area (Å²) in [6.07, 6.45) is 1.48. The van der Waals surface area contributed by atoms with Gasteiger partial charge in [0.15, 0.2) is 6.61 Å². The smallest absolute Gasteiger partial charge is 0.316 e. The molecule has 3 heterocycles. The molecule has 0 saturated carbocycles. The minimum Gasteiger partial charge on any atom is -0.457 e. The van der Waals surface area contributed by atoms with E-state index >= 15 is 0 Å². The van der Waals surface area contributed by atoms with Crippen LogP contribution < -0.4 is 0 Å². The highest BCUT2D eigenvalue weighted by molar-refractivity contribution is 8.00. The van der Waals surface area contributed by atoms with Gasteiger partial charge < -0.3 is 4.74 Å². The number of fused-ring (bicyclic) bond motifs is 1. The van der Waals surface area contributed by atoms with E-state index in [0.29, 0.717) is 4.88 Å². The van der Waals surface area contributed by atoms with Gasteiger partial charge in [0.1, 0.15) is 16.2 Å². The van der Waals surface area contributed by atoms with Crippen molar-refractivity contribution < 1.29 is 14.3 Å². The third kappa shape index (κ3) is 3.52. The van der Waals surface area contributed by atoms with Crippen LogP contribution in [-0.2, 0) is 9.53 Å². The van der Waals surface area contributed by atoms with Gasteiger partial charge in [-0.15, -0.1) is 22.7 Å². The Kier molecular flexibility index (Phi) is 4.81. The van der Waals surface area contributed by atoms with Crippen molar-refractivity contribution in [2.75, 3.05) is 12.4 Å². The van der Waals surface area contributed by atoms with Crippen LogP contribution in [-0.4, -0.2) is 34.1 Å².